The number of aryl methyl sites for hydroxylation is 1. The second-order valence-corrected chi connectivity index (χ2v) is 10.5. The lowest BCUT2D eigenvalue weighted by molar-refractivity contribution is 0.592. The van der Waals surface area contributed by atoms with E-state index in [2.05, 4.69) is 41.8 Å². The van der Waals surface area contributed by atoms with E-state index in [-0.39, 0.29) is 0 Å². The molecule has 0 fully saturated rings. The van der Waals surface area contributed by atoms with E-state index in [4.69, 9.17) is 4.98 Å². The van der Waals surface area contributed by atoms with E-state index >= 15 is 4.57 Å². The lowest BCUT2D eigenvalue weighted by Gasteiger charge is -2.30. The van der Waals surface area contributed by atoms with E-state index in [0.29, 0.717) is 0 Å². The van der Waals surface area contributed by atoms with Gasteiger partial charge < -0.3 is 4.57 Å². The molecule has 3 nitrogen and oxygen atoms in total. The Balaban J connectivity index is 1.86. The summed E-state index contributed by atoms with van der Waals surface area (Å²) in [4.78, 5) is 4.94. The molecule has 0 saturated carbocycles. The third-order valence-corrected chi connectivity index (χ3v) is 9.32. The number of aromatic nitrogens is 2. The summed E-state index contributed by atoms with van der Waals surface area (Å²) < 4.78 is 17.5. The third kappa shape index (κ3) is 2.47. The van der Waals surface area contributed by atoms with Gasteiger partial charge in [0.1, 0.15) is 5.82 Å². The van der Waals surface area contributed by atoms with Crippen LogP contribution in [-0.2, 0) is 11.0 Å². The first kappa shape index (κ1) is 18.4. The first-order chi connectivity index (χ1) is 15.2. The van der Waals surface area contributed by atoms with Gasteiger partial charge in [-0.1, -0.05) is 85.8 Å². The van der Waals surface area contributed by atoms with Gasteiger partial charge in [-0.3, -0.25) is 4.57 Å². The van der Waals surface area contributed by atoms with Gasteiger partial charge in [0.25, 0.3) is 0 Å². The molecule has 31 heavy (non-hydrogen) atoms. The van der Waals surface area contributed by atoms with Gasteiger partial charge in [-0.15, -0.1) is 0 Å². The summed E-state index contributed by atoms with van der Waals surface area (Å²) >= 11 is 0. The van der Waals surface area contributed by atoms with E-state index < -0.39 is 7.14 Å². The van der Waals surface area contributed by atoms with Crippen molar-refractivity contribution in [2.45, 2.75) is 13.3 Å². The van der Waals surface area contributed by atoms with Gasteiger partial charge >= 0.3 is 0 Å². The van der Waals surface area contributed by atoms with Crippen molar-refractivity contribution in [3.8, 4) is 16.8 Å². The lowest BCUT2D eigenvalue weighted by Crippen LogP contribution is -2.34. The van der Waals surface area contributed by atoms with Crippen LogP contribution >= 0.6 is 7.14 Å². The van der Waals surface area contributed by atoms with Crippen LogP contribution in [0.4, 0.5) is 0 Å². The predicted octanol–water partition coefficient (Wildman–Crippen LogP) is 5.21. The summed E-state index contributed by atoms with van der Waals surface area (Å²) in [6.45, 7) is 2.12. The summed E-state index contributed by atoms with van der Waals surface area (Å²) in [7, 11) is -3.13. The smallest absolute Gasteiger partial charge is 0.175 e. The van der Waals surface area contributed by atoms with Crippen LogP contribution in [0.1, 0.15) is 12.7 Å². The van der Waals surface area contributed by atoms with Crippen LogP contribution in [0.5, 0.6) is 0 Å². The molecule has 0 N–H and O–H groups in total. The normalized spacial score (nSPS) is 16.9. The van der Waals surface area contributed by atoms with Crippen LogP contribution in [0, 0.1) is 0 Å². The van der Waals surface area contributed by atoms with Crippen LogP contribution in [0.2, 0.25) is 0 Å². The molecule has 1 aromatic heterocycles. The summed E-state index contributed by atoms with van der Waals surface area (Å²) in [6.07, 6.45) is 0.804. The van der Waals surface area contributed by atoms with Gasteiger partial charge in [-0.25, -0.2) is 4.98 Å². The van der Waals surface area contributed by atoms with Crippen LogP contribution in [0.3, 0.4) is 0 Å². The molecule has 0 saturated heterocycles. The zero-order valence-corrected chi connectivity index (χ0v) is 18.1. The molecule has 150 valence electrons. The monoisotopic (exact) mass is 420 g/mol. The fourth-order valence-electron chi connectivity index (χ4n) is 4.81. The first-order valence-electron chi connectivity index (χ1n) is 10.6. The second-order valence-electron chi connectivity index (χ2n) is 7.85. The van der Waals surface area contributed by atoms with Crippen molar-refractivity contribution < 1.29 is 4.57 Å². The SMILES string of the molecule is CCc1nc2ccc(-c3ccccc3)c3c2n1-c1ccccc1P3(=O)c1ccccc1. The quantitative estimate of drug-likeness (QED) is 0.369. The Kier molecular flexibility index (Phi) is 4.03. The minimum atomic E-state index is -3.13. The average Bonchev–Trinajstić information content (AvgIpc) is 3.22. The highest BCUT2D eigenvalue weighted by Gasteiger charge is 2.41. The molecule has 0 aliphatic carbocycles. The Morgan fingerprint density at radius 1 is 0.806 bits per heavy atom. The summed E-state index contributed by atoms with van der Waals surface area (Å²) in [5.74, 6) is 0.994. The van der Waals surface area contributed by atoms with Crippen molar-refractivity contribution >= 4 is 34.1 Å². The predicted molar refractivity (Wildman–Crippen MR) is 129 cm³/mol. The van der Waals surface area contributed by atoms with Crippen LogP contribution < -0.4 is 15.9 Å². The van der Waals surface area contributed by atoms with Crippen molar-refractivity contribution in [3.05, 3.63) is 103 Å². The van der Waals surface area contributed by atoms with Crippen molar-refractivity contribution in [3.63, 3.8) is 0 Å². The first-order valence-corrected chi connectivity index (χ1v) is 12.3. The fourth-order valence-corrected chi connectivity index (χ4v) is 8.03. The van der Waals surface area contributed by atoms with Gasteiger partial charge in [0, 0.05) is 17.0 Å². The molecular weight excluding hydrogens is 399 g/mol. The Labute approximate surface area is 181 Å². The maximum Gasteiger partial charge on any atom is 0.175 e. The number of hydrogen-bond acceptors (Lipinski definition) is 2. The molecule has 0 amide bonds. The zero-order valence-electron chi connectivity index (χ0n) is 17.2. The standard InChI is InChI=1S/C27H21N2OP/c1-2-25-28-22-18-17-21(19-11-5-3-6-12-19)27-26(22)29(25)23-15-9-10-16-24(23)31(27,30)20-13-7-4-8-14-20/h3-18H,2H2,1H3. The van der Waals surface area contributed by atoms with Gasteiger partial charge in [0.05, 0.1) is 22.0 Å². The third-order valence-electron chi connectivity index (χ3n) is 6.16. The van der Waals surface area contributed by atoms with Gasteiger partial charge in [0.15, 0.2) is 7.14 Å². The van der Waals surface area contributed by atoms with Crippen LogP contribution in [0.15, 0.2) is 97.1 Å². The molecule has 4 aromatic carbocycles. The van der Waals surface area contributed by atoms with Gasteiger partial charge in [0.2, 0.25) is 0 Å². The Morgan fingerprint density at radius 3 is 2.23 bits per heavy atom. The van der Waals surface area contributed by atoms with Crippen molar-refractivity contribution in [2.24, 2.45) is 0 Å². The largest absolute Gasteiger partial charge is 0.308 e. The molecule has 0 bridgehead atoms. The van der Waals surface area contributed by atoms with Crippen LogP contribution in [0.25, 0.3) is 27.8 Å². The number of benzene rings is 4. The average molecular weight is 420 g/mol. The van der Waals surface area contributed by atoms with Gasteiger partial charge in [-0.2, -0.15) is 0 Å². The molecule has 1 aliphatic rings. The Morgan fingerprint density at radius 2 is 1.48 bits per heavy atom. The molecule has 0 spiro atoms. The van der Waals surface area contributed by atoms with E-state index in [9.17, 15) is 0 Å². The van der Waals surface area contributed by atoms with Crippen molar-refractivity contribution in [2.75, 3.05) is 0 Å². The molecule has 2 heterocycles. The summed E-state index contributed by atoms with van der Waals surface area (Å²) in [6, 6.07) is 32.5. The van der Waals surface area contributed by atoms with E-state index in [1.807, 2.05) is 66.7 Å². The maximum absolute atomic E-state index is 15.3. The van der Waals surface area contributed by atoms with E-state index in [0.717, 1.165) is 56.0 Å². The minimum Gasteiger partial charge on any atom is -0.308 e. The summed E-state index contributed by atoms with van der Waals surface area (Å²) in [5, 5.41) is 2.64. The number of nitrogens with zero attached hydrogens (tertiary/aromatic N) is 2. The maximum atomic E-state index is 15.3. The Hall–Kier alpha value is -3.42. The molecular formula is C27H21N2OP. The molecule has 1 aliphatic heterocycles. The fraction of sp³-hybridized carbons (Fsp3) is 0.0741. The highest BCUT2D eigenvalue weighted by molar-refractivity contribution is 7.86. The van der Waals surface area contributed by atoms with Crippen LogP contribution in [-0.4, -0.2) is 9.55 Å². The van der Waals surface area contributed by atoms with E-state index in [1.54, 1.807) is 0 Å². The van der Waals surface area contributed by atoms with Crippen molar-refractivity contribution in [1.82, 2.24) is 9.55 Å². The van der Waals surface area contributed by atoms with Gasteiger partial charge in [-0.05, 0) is 29.3 Å². The second kappa shape index (κ2) is 6.80. The molecule has 6 rings (SSSR count). The number of imidazole rings is 1. The lowest BCUT2D eigenvalue weighted by atomic mass is 10.0. The van der Waals surface area contributed by atoms with E-state index in [1.165, 1.54) is 0 Å². The minimum absolute atomic E-state index is 0.804. The number of fused-ring (bicyclic) bond motifs is 2. The zero-order chi connectivity index (χ0) is 21.0. The number of hydrogen-bond donors (Lipinski definition) is 0. The molecule has 0 radical (unpaired) electrons. The molecule has 1 atom stereocenters. The molecule has 1 unspecified atom stereocenters. The Bertz CT molecular complexity index is 1490. The topological polar surface area (TPSA) is 34.9 Å². The van der Waals surface area contributed by atoms with Crippen molar-refractivity contribution in [1.29, 1.82) is 0 Å². The number of rotatable bonds is 3. The molecule has 4 heteroatoms. The highest BCUT2D eigenvalue weighted by Crippen LogP contribution is 2.51. The summed E-state index contributed by atoms with van der Waals surface area (Å²) in [5.41, 5.74) is 4.94. The molecule has 5 aromatic rings. The number of para-hydroxylation sites is 1. The highest BCUT2D eigenvalue weighted by atomic mass is 31.2.